The van der Waals surface area contributed by atoms with Gasteiger partial charge in [0.05, 0.1) is 37.4 Å². The summed E-state index contributed by atoms with van der Waals surface area (Å²) in [5, 5.41) is 0. The zero-order chi connectivity index (χ0) is 17.7. The summed E-state index contributed by atoms with van der Waals surface area (Å²) in [4.78, 5) is 0. The van der Waals surface area contributed by atoms with Crippen LogP contribution in [0.25, 0.3) is 0 Å². The van der Waals surface area contributed by atoms with Crippen molar-refractivity contribution in [2.24, 2.45) is 0 Å². The van der Waals surface area contributed by atoms with E-state index in [4.69, 9.17) is 18.9 Å². The number of ether oxygens (including phenoxy) is 4. The highest BCUT2D eigenvalue weighted by Crippen LogP contribution is 2.36. The van der Waals surface area contributed by atoms with E-state index in [2.05, 4.69) is 31.9 Å². The quantitative estimate of drug-likeness (QED) is 0.581. The first kappa shape index (κ1) is 18.9. The molecular weight excluding hydrogens is 440 g/mol. The smallest absolute Gasteiger partial charge is 0.136 e. The molecule has 6 heteroatoms. The van der Waals surface area contributed by atoms with Crippen molar-refractivity contribution >= 4 is 31.9 Å². The molecule has 0 saturated carbocycles. The molecule has 4 nitrogen and oxygen atoms in total. The second-order valence-corrected chi connectivity index (χ2v) is 6.81. The van der Waals surface area contributed by atoms with Crippen LogP contribution in [0.4, 0.5) is 0 Å². The molecule has 0 N–H and O–H groups in total. The van der Waals surface area contributed by atoms with Crippen molar-refractivity contribution < 1.29 is 18.9 Å². The summed E-state index contributed by atoms with van der Waals surface area (Å²) in [6, 6.07) is 7.84. The van der Waals surface area contributed by atoms with Crippen LogP contribution < -0.4 is 18.9 Å². The summed E-state index contributed by atoms with van der Waals surface area (Å²) in [6.07, 6.45) is 1.61. The highest BCUT2D eigenvalue weighted by atomic mass is 79.9. The third-order valence-corrected chi connectivity index (χ3v) is 5.01. The number of aryl methyl sites for hydroxylation is 2. The van der Waals surface area contributed by atoms with E-state index >= 15 is 0 Å². The molecule has 0 unspecified atom stereocenters. The van der Waals surface area contributed by atoms with Crippen molar-refractivity contribution in [3.63, 3.8) is 0 Å². The van der Waals surface area contributed by atoms with E-state index in [1.54, 1.807) is 28.4 Å². The normalized spacial score (nSPS) is 10.4. The second kappa shape index (κ2) is 8.62. The van der Waals surface area contributed by atoms with Gasteiger partial charge in [-0.3, -0.25) is 0 Å². The Hall–Kier alpha value is -1.40. The van der Waals surface area contributed by atoms with Crippen LogP contribution in [0.5, 0.6) is 23.0 Å². The molecule has 24 heavy (non-hydrogen) atoms. The number of methoxy groups -OCH3 is 4. The SMILES string of the molecule is COc1cc(OC)c(CCc2cc(Br)c(OC)cc2OC)cc1Br. The minimum Gasteiger partial charge on any atom is -0.496 e. The minimum atomic E-state index is 0.750. The molecule has 2 aromatic rings. The van der Waals surface area contributed by atoms with E-state index in [9.17, 15) is 0 Å². The molecule has 0 saturated heterocycles. The molecule has 0 spiro atoms. The van der Waals surface area contributed by atoms with Gasteiger partial charge in [0.15, 0.2) is 0 Å². The fourth-order valence-electron chi connectivity index (χ4n) is 2.50. The lowest BCUT2D eigenvalue weighted by molar-refractivity contribution is 0.386. The first-order valence-corrected chi connectivity index (χ1v) is 8.93. The van der Waals surface area contributed by atoms with E-state index in [1.807, 2.05) is 24.3 Å². The van der Waals surface area contributed by atoms with E-state index in [-0.39, 0.29) is 0 Å². The zero-order valence-electron chi connectivity index (χ0n) is 14.1. The third kappa shape index (κ3) is 4.16. The van der Waals surface area contributed by atoms with Crippen molar-refractivity contribution in [1.29, 1.82) is 0 Å². The van der Waals surface area contributed by atoms with Gasteiger partial charge in [-0.25, -0.2) is 0 Å². The molecule has 0 bridgehead atoms. The molecule has 0 aromatic heterocycles. The van der Waals surface area contributed by atoms with Crippen LogP contribution in [0.15, 0.2) is 33.2 Å². The van der Waals surface area contributed by atoms with Crippen LogP contribution in [0.1, 0.15) is 11.1 Å². The lowest BCUT2D eigenvalue weighted by Gasteiger charge is -2.14. The summed E-state index contributed by atoms with van der Waals surface area (Å²) in [7, 11) is 6.60. The zero-order valence-corrected chi connectivity index (χ0v) is 17.3. The van der Waals surface area contributed by atoms with Gasteiger partial charge in [-0.05, 0) is 68.0 Å². The van der Waals surface area contributed by atoms with Crippen molar-refractivity contribution in [2.75, 3.05) is 28.4 Å². The maximum Gasteiger partial charge on any atom is 0.136 e. The second-order valence-electron chi connectivity index (χ2n) is 5.10. The van der Waals surface area contributed by atoms with Crippen LogP contribution >= 0.6 is 31.9 Å². The fourth-order valence-corrected chi connectivity index (χ4v) is 3.61. The number of rotatable bonds is 7. The average Bonchev–Trinajstić information content (AvgIpc) is 2.60. The van der Waals surface area contributed by atoms with Crippen LogP contribution in [0, 0.1) is 0 Å². The van der Waals surface area contributed by atoms with E-state index in [1.165, 1.54) is 0 Å². The molecule has 0 aliphatic carbocycles. The molecule has 0 fully saturated rings. The first-order chi connectivity index (χ1) is 11.5. The molecular formula is C18H20Br2O4. The molecule has 0 amide bonds. The Morgan fingerprint density at radius 2 is 0.917 bits per heavy atom. The first-order valence-electron chi connectivity index (χ1n) is 7.34. The maximum atomic E-state index is 5.49. The molecule has 2 rings (SSSR count). The van der Waals surface area contributed by atoms with Crippen molar-refractivity contribution in [1.82, 2.24) is 0 Å². The van der Waals surface area contributed by atoms with Gasteiger partial charge < -0.3 is 18.9 Å². The number of halogens is 2. The van der Waals surface area contributed by atoms with Crippen molar-refractivity contribution in [3.8, 4) is 23.0 Å². The molecule has 0 atom stereocenters. The van der Waals surface area contributed by atoms with Gasteiger partial charge in [-0.2, -0.15) is 0 Å². The molecule has 0 aliphatic rings. The van der Waals surface area contributed by atoms with Crippen LogP contribution in [0.3, 0.4) is 0 Å². The molecule has 0 aliphatic heterocycles. The monoisotopic (exact) mass is 458 g/mol. The lowest BCUT2D eigenvalue weighted by atomic mass is 10.0. The molecule has 0 radical (unpaired) electrons. The summed E-state index contributed by atoms with van der Waals surface area (Å²) < 4.78 is 23.4. The predicted octanol–water partition coefficient (Wildman–Crippen LogP) is 5.03. The Labute approximate surface area is 159 Å². The average molecular weight is 460 g/mol. The van der Waals surface area contributed by atoms with Gasteiger partial charge >= 0.3 is 0 Å². The standard InChI is InChI=1S/C18H20Br2O4/c1-21-15-9-17(23-3)13(19)7-11(15)5-6-12-8-14(20)18(24-4)10-16(12)22-2/h7-10H,5-6H2,1-4H3. The number of benzene rings is 2. The van der Waals surface area contributed by atoms with Gasteiger partial charge in [0.25, 0.3) is 0 Å². The maximum absolute atomic E-state index is 5.49. The van der Waals surface area contributed by atoms with Gasteiger partial charge in [0, 0.05) is 12.1 Å². The highest BCUT2D eigenvalue weighted by Gasteiger charge is 2.13. The summed E-state index contributed by atoms with van der Waals surface area (Å²) in [6.45, 7) is 0. The van der Waals surface area contributed by atoms with Crippen LogP contribution in [0.2, 0.25) is 0 Å². The van der Waals surface area contributed by atoms with Gasteiger partial charge in [-0.15, -0.1) is 0 Å². The Morgan fingerprint density at radius 1 is 0.583 bits per heavy atom. The Balaban J connectivity index is 2.28. The Bertz CT molecular complexity index is 655. The largest absolute Gasteiger partial charge is 0.496 e. The van der Waals surface area contributed by atoms with Gasteiger partial charge in [0.1, 0.15) is 23.0 Å². The number of hydrogen-bond donors (Lipinski definition) is 0. The summed E-state index contributed by atoms with van der Waals surface area (Å²) in [5.41, 5.74) is 2.19. The van der Waals surface area contributed by atoms with E-state index in [0.29, 0.717) is 0 Å². The Morgan fingerprint density at radius 3 is 1.21 bits per heavy atom. The lowest BCUT2D eigenvalue weighted by Crippen LogP contribution is -2.00. The van der Waals surface area contributed by atoms with E-state index in [0.717, 1.165) is 55.9 Å². The van der Waals surface area contributed by atoms with Crippen molar-refractivity contribution in [2.45, 2.75) is 12.8 Å². The molecule has 130 valence electrons. The highest BCUT2D eigenvalue weighted by molar-refractivity contribution is 9.10. The minimum absolute atomic E-state index is 0.750. The fraction of sp³-hybridized carbons (Fsp3) is 0.333. The summed E-state index contributed by atoms with van der Waals surface area (Å²) >= 11 is 7.05. The predicted molar refractivity (Wildman–Crippen MR) is 102 cm³/mol. The third-order valence-electron chi connectivity index (χ3n) is 3.77. The van der Waals surface area contributed by atoms with Gasteiger partial charge in [0.2, 0.25) is 0 Å². The molecule has 0 heterocycles. The van der Waals surface area contributed by atoms with Crippen LogP contribution in [-0.4, -0.2) is 28.4 Å². The van der Waals surface area contributed by atoms with Crippen LogP contribution in [-0.2, 0) is 12.8 Å². The topological polar surface area (TPSA) is 36.9 Å². The van der Waals surface area contributed by atoms with Gasteiger partial charge in [-0.1, -0.05) is 0 Å². The van der Waals surface area contributed by atoms with E-state index < -0.39 is 0 Å². The Kier molecular flexibility index (Phi) is 6.80. The molecule has 2 aromatic carbocycles. The summed E-state index contributed by atoms with van der Waals surface area (Å²) in [5.74, 6) is 3.11. The number of hydrogen-bond acceptors (Lipinski definition) is 4. The van der Waals surface area contributed by atoms with Crippen molar-refractivity contribution in [3.05, 3.63) is 44.3 Å².